The fourth-order valence-electron chi connectivity index (χ4n) is 12.5. The van der Waals surface area contributed by atoms with Crippen molar-refractivity contribution in [3.63, 3.8) is 0 Å². The van der Waals surface area contributed by atoms with E-state index in [1.54, 1.807) is 13.8 Å². The highest BCUT2D eigenvalue weighted by Crippen LogP contribution is 2.24. The Morgan fingerprint density at radius 2 is 0.877 bits per heavy atom. The van der Waals surface area contributed by atoms with E-state index in [-0.39, 0.29) is 94.0 Å². The number of H-pyrrole nitrogens is 1. The number of aromatic nitrogens is 2. The molecule has 0 aliphatic carbocycles. The van der Waals surface area contributed by atoms with Crippen molar-refractivity contribution in [2.45, 2.75) is 261 Å². The molecular weight excluding hydrogens is 1640 g/mol. The summed E-state index contributed by atoms with van der Waals surface area (Å²) in [6.07, 6.45) is -5.35. The fourth-order valence-corrected chi connectivity index (χ4v) is 12.8. The third kappa shape index (κ3) is 33.4. The molecule has 1 aromatic rings. The van der Waals surface area contributed by atoms with Crippen LogP contribution in [0.25, 0.3) is 0 Å². The molecule has 0 aromatic carbocycles. The molecular formula is C73H118N20O28S. The monoisotopic (exact) mass is 1750 g/mol. The van der Waals surface area contributed by atoms with Crippen LogP contribution >= 0.6 is 12.6 Å². The molecule has 122 heavy (non-hydrogen) atoms. The number of carbonyl (C=O) groups is 20. The lowest BCUT2D eigenvalue weighted by atomic mass is 10.00. The van der Waals surface area contributed by atoms with Crippen LogP contribution in [0.2, 0.25) is 0 Å². The van der Waals surface area contributed by atoms with Crippen molar-refractivity contribution in [1.29, 1.82) is 0 Å². The van der Waals surface area contributed by atoms with E-state index in [9.17, 15) is 137 Å². The third-order valence-corrected chi connectivity index (χ3v) is 19.7. The zero-order chi connectivity index (χ0) is 92.4. The summed E-state index contributed by atoms with van der Waals surface area (Å²) in [7, 11) is 0. The summed E-state index contributed by atoms with van der Waals surface area (Å²) >= 11 is 3.90. The molecule has 2 aliphatic rings. The summed E-state index contributed by atoms with van der Waals surface area (Å²) < 4.78 is 0. The molecule has 2 fully saturated rings. The maximum atomic E-state index is 14.7. The number of likely N-dealkylation sites (tertiary alicyclic amines) is 2. The van der Waals surface area contributed by atoms with Crippen LogP contribution in [-0.4, -0.2) is 345 Å². The molecule has 0 radical (unpaired) electrons. The van der Waals surface area contributed by atoms with Gasteiger partial charge in [-0.25, -0.2) is 4.98 Å². The van der Waals surface area contributed by atoms with Crippen LogP contribution in [0, 0.1) is 11.8 Å². The molecule has 0 spiro atoms. The molecule has 0 unspecified atom stereocenters. The van der Waals surface area contributed by atoms with Gasteiger partial charge in [0.1, 0.15) is 102 Å². The maximum absolute atomic E-state index is 14.7. The molecule has 684 valence electrons. The van der Waals surface area contributed by atoms with Crippen LogP contribution in [0.1, 0.15) is 140 Å². The molecule has 18 amide bonds. The number of carboxylic acids is 1. The lowest BCUT2D eigenvalue weighted by molar-refractivity contribution is -0.146. The highest BCUT2D eigenvalue weighted by Gasteiger charge is 2.46. The minimum absolute atomic E-state index is 0.0186. The van der Waals surface area contributed by atoms with Gasteiger partial charge in [-0.3, -0.25) is 91.1 Å². The minimum Gasteiger partial charge on any atom is -0.481 e. The van der Waals surface area contributed by atoms with Gasteiger partial charge >= 0.3 is 5.97 Å². The molecule has 0 saturated carbocycles. The van der Waals surface area contributed by atoms with Crippen molar-refractivity contribution < 1.29 is 137 Å². The van der Waals surface area contributed by atoms with E-state index in [1.165, 1.54) is 45.1 Å². The molecule has 1 aromatic heterocycles. The number of nitrogens with one attached hydrogen (secondary N) is 16. The largest absolute Gasteiger partial charge is 0.481 e. The van der Waals surface area contributed by atoms with Gasteiger partial charge in [0.2, 0.25) is 106 Å². The summed E-state index contributed by atoms with van der Waals surface area (Å²) in [5.41, 5.74) is 5.49. The standard InChI is InChI=1S/C73H118N20O28S/c1-31(2)21-43(72(120)92-19-13-17-49(92)67(115)87-53(32(3)4)69(117)90-56(38(10)100)70(118)82-42(23-52(104)105)62(110)89-55(37(9)99)71(119)85-45(27-95)64(112)86-47(29-122)58(74)106)83-66(114)48-16-14-20-93(48)73(121)57(39(11)101)91-60(108)35(7)78-61(109)41(22-40-24-75-30-77-40)80-51(103)25-76-68(116)54(36(8)98)88-65(113)46(28-96)84-59(107)34(6)79-63(111)44(26-94)81-50(102)18-12-15-33(5)97/h24,30-32,34-39,41-49,53-57,94-96,98-101,122H,12-23,25-29H2,1-11H3,(H2,74,106)(H,75,77)(H,76,116)(H,78,109)(H,79,111)(H,80,103)(H,81,102)(H,82,118)(H,83,114)(H,84,107)(H,85,119)(H,86,112)(H,87,115)(H,88,113)(H,89,110)(H,90,117)(H,91,108)(H,104,105)/t34-,35-,36+,37+,38+,39+,41-,42-,43-,44-,45-,46-,47-,48-,49-,53-,54-,55-,56-,57-/m0/s1. The van der Waals surface area contributed by atoms with Crippen LogP contribution < -0.4 is 85.5 Å². The van der Waals surface area contributed by atoms with Gasteiger partial charge in [-0.15, -0.1) is 0 Å². The number of Topliss-reactive ketones (excluding diaryl/α,β-unsaturated/α-hetero) is 1. The van der Waals surface area contributed by atoms with E-state index in [2.05, 4.69) is 102 Å². The number of ketones is 1. The van der Waals surface area contributed by atoms with Crippen LogP contribution in [0.5, 0.6) is 0 Å². The molecule has 2 aliphatic heterocycles. The number of aliphatic hydroxyl groups is 7. The SMILES string of the molecule is CC(=O)CCCC(=O)N[C@@H](CO)C(=O)N[C@@H](C)C(=O)N[C@@H](CO)C(=O)N[C@H](C(=O)NCC(=O)N[C@@H](Cc1cnc[nH]1)C(=O)N[C@@H](C)C(=O)N[C@H](C(=O)N1CCC[C@H]1C(=O)N[C@@H](CC(C)C)C(=O)N1CCC[C@H]1C(=O)N[C@H](C(=O)N[C@H](C(=O)N[C@@H](CC(=O)O)C(=O)N[C@H](C(=O)N[C@@H](CO)C(=O)N[C@@H](CS)C(N)=O)[C@@H](C)O)[C@@H](C)O)C(C)C)[C@@H](C)O)[C@@H](C)O. The second-order valence-corrected chi connectivity index (χ2v) is 30.8. The Labute approximate surface area is 706 Å². The van der Waals surface area contributed by atoms with Gasteiger partial charge in [0.25, 0.3) is 0 Å². The van der Waals surface area contributed by atoms with E-state index in [0.717, 1.165) is 39.5 Å². The number of aliphatic hydroxyl groups excluding tert-OH is 7. The van der Waals surface area contributed by atoms with Crippen molar-refractivity contribution in [1.82, 2.24) is 99.5 Å². The van der Waals surface area contributed by atoms with Gasteiger partial charge in [-0.1, -0.05) is 27.7 Å². The van der Waals surface area contributed by atoms with Gasteiger partial charge in [0.15, 0.2) is 0 Å². The highest BCUT2D eigenvalue weighted by atomic mass is 32.1. The Morgan fingerprint density at radius 3 is 1.34 bits per heavy atom. The normalized spacial score (nSPS) is 18.2. The lowest BCUT2D eigenvalue weighted by Gasteiger charge is -2.33. The smallest absolute Gasteiger partial charge is 0.305 e. The van der Waals surface area contributed by atoms with Crippen molar-refractivity contribution in [2.75, 3.05) is 45.2 Å². The van der Waals surface area contributed by atoms with Gasteiger partial charge in [-0.2, -0.15) is 12.6 Å². The highest BCUT2D eigenvalue weighted by molar-refractivity contribution is 7.80. The van der Waals surface area contributed by atoms with Crippen molar-refractivity contribution in [3.8, 4) is 0 Å². The summed E-state index contributed by atoms with van der Waals surface area (Å²) in [5.74, 6) is -22.3. The van der Waals surface area contributed by atoms with Crippen LogP contribution in [0.4, 0.5) is 0 Å². The number of aromatic amines is 1. The van der Waals surface area contributed by atoms with Crippen LogP contribution in [-0.2, 0) is 102 Å². The zero-order valence-corrected chi connectivity index (χ0v) is 70.4. The number of hydrogen-bond donors (Lipinski definition) is 26. The van der Waals surface area contributed by atoms with Gasteiger partial charge in [0, 0.05) is 50.0 Å². The number of carbonyl (C=O) groups excluding carboxylic acids is 19. The first-order chi connectivity index (χ1) is 57.1. The predicted octanol–water partition coefficient (Wildman–Crippen LogP) is -12.3. The molecule has 26 N–H and O–H groups in total. The van der Waals surface area contributed by atoms with E-state index in [1.807, 2.05) is 0 Å². The van der Waals surface area contributed by atoms with Crippen LogP contribution in [0.3, 0.4) is 0 Å². The van der Waals surface area contributed by atoms with Gasteiger partial charge in [-0.05, 0) is 98.8 Å². The number of nitrogens with two attached hydrogens (primary N) is 1. The first-order valence-corrected chi connectivity index (χ1v) is 40.0. The summed E-state index contributed by atoms with van der Waals surface area (Å²) in [6, 6.07) is -26.3. The molecule has 2 saturated heterocycles. The summed E-state index contributed by atoms with van der Waals surface area (Å²) in [6.45, 7) is 10.3. The fraction of sp³-hybridized carbons (Fsp3) is 0.685. The summed E-state index contributed by atoms with van der Waals surface area (Å²) in [4.78, 5) is 276. The Kier molecular flexibility index (Phi) is 43.9. The number of hydrogen-bond acceptors (Lipinski definition) is 29. The Balaban J connectivity index is 1.72. The Morgan fingerprint density at radius 1 is 0.467 bits per heavy atom. The summed E-state index contributed by atoms with van der Waals surface area (Å²) in [5, 5.41) is 116. The van der Waals surface area contributed by atoms with Crippen LogP contribution in [0.15, 0.2) is 12.5 Å². The average molecular weight is 1760 g/mol. The Hall–Kier alpha value is -11.1. The van der Waals surface area contributed by atoms with Crippen molar-refractivity contribution in [2.24, 2.45) is 17.6 Å². The molecule has 48 nitrogen and oxygen atoms in total. The number of carboxylic acid groups (broad SMARTS) is 1. The zero-order valence-electron chi connectivity index (χ0n) is 69.5. The Bertz CT molecular complexity index is 3850. The lowest BCUT2D eigenvalue weighted by Crippen LogP contribution is -2.63. The number of primary amides is 1. The molecule has 0 bridgehead atoms. The molecule has 49 heteroatoms. The molecule has 3 heterocycles. The number of imidazole rings is 1. The first kappa shape index (κ1) is 105. The number of rotatable bonds is 51. The minimum atomic E-state index is -2.11. The number of aliphatic carboxylic acids is 1. The number of thiol groups is 1. The number of amides is 18. The topological polar surface area (TPSA) is 745 Å². The third-order valence-electron chi connectivity index (χ3n) is 19.3. The average Bonchev–Trinajstić information content (AvgIpc) is 1.64. The quantitative estimate of drug-likeness (QED) is 0.0269. The van der Waals surface area contributed by atoms with E-state index < -0.39 is 272 Å². The van der Waals surface area contributed by atoms with E-state index in [4.69, 9.17) is 5.73 Å². The van der Waals surface area contributed by atoms with Crippen molar-refractivity contribution >= 4 is 131 Å². The molecule has 20 atom stereocenters. The predicted molar refractivity (Wildman–Crippen MR) is 425 cm³/mol. The maximum Gasteiger partial charge on any atom is 0.305 e. The van der Waals surface area contributed by atoms with Gasteiger partial charge < -0.3 is 146 Å². The first-order valence-electron chi connectivity index (χ1n) is 39.4. The van der Waals surface area contributed by atoms with Gasteiger partial charge in [0.05, 0.1) is 63.5 Å². The molecule has 3 rings (SSSR count). The second kappa shape index (κ2) is 51.0. The number of nitrogens with zero attached hydrogens (tertiary/aromatic N) is 3. The van der Waals surface area contributed by atoms with E-state index in [0.29, 0.717) is 0 Å². The second-order valence-electron chi connectivity index (χ2n) is 30.4. The van der Waals surface area contributed by atoms with E-state index >= 15 is 0 Å². The van der Waals surface area contributed by atoms with Crippen molar-refractivity contribution in [3.05, 3.63) is 18.2 Å².